The molecule has 14 heteroatoms. The molecule has 0 fully saturated rings. The van der Waals surface area contributed by atoms with Gasteiger partial charge in [0, 0.05) is 0 Å². The van der Waals surface area contributed by atoms with Crippen LogP contribution >= 0.6 is 25.3 Å². The minimum absolute atomic E-state index is 0.0610. The standard InChI is InChI=1S/C8H14O6.2C2H4O2S.C2H6O2/c1-3-13-7(11)5(9)6(10)8(12)14-4-2;2*3-2(4)1-5;3-1-2-4/h5-6,9-10H,3-4H2,1-2H3;2*5H,1H2,(H,3,4);3-4H,1-2H2. The molecule has 2 atom stereocenters. The van der Waals surface area contributed by atoms with Crippen molar-refractivity contribution < 1.29 is 59.3 Å². The highest BCUT2D eigenvalue weighted by Gasteiger charge is 2.32. The van der Waals surface area contributed by atoms with Crippen LogP contribution in [0.2, 0.25) is 0 Å². The van der Waals surface area contributed by atoms with Crippen molar-refractivity contribution in [2.24, 2.45) is 0 Å². The summed E-state index contributed by atoms with van der Waals surface area (Å²) in [7, 11) is 0. The lowest BCUT2D eigenvalue weighted by molar-refractivity contribution is -0.172. The summed E-state index contributed by atoms with van der Waals surface area (Å²) < 4.78 is 8.79. The van der Waals surface area contributed by atoms with E-state index in [1.54, 1.807) is 13.8 Å². The molecule has 2 unspecified atom stereocenters. The number of carbonyl (C=O) groups excluding carboxylic acids is 2. The number of aliphatic hydroxyl groups excluding tert-OH is 4. The molecule has 0 aromatic rings. The third-order valence-electron chi connectivity index (χ3n) is 1.73. The predicted octanol–water partition coefficient (Wildman–Crippen LogP) is -2.19. The van der Waals surface area contributed by atoms with Crippen molar-refractivity contribution >= 4 is 49.1 Å². The number of esters is 2. The Morgan fingerprint density at radius 2 is 0.964 bits per heavy atom. The Labute approximate surface area is 172 Å². The summed E-state index contributed by atoms with van der Waals surface area (Å²) in [6.45, 7) is 2.96. The number of rotatable bonds is 8. The normalized spacial score (nSPS) is 10.9. The van der Waals surface area contributed by atoms with E-state index in [9.17, 15) is 19.2 Å². The summed E-state index contributed by atoms with van der Waals surface area (Å²) >= 11 is 6.83. The van der Waals surface area contributed by atoms with E-state index in [1.165, 1.54) is 0 Å². The number of carboxylic acids is 2. The quantitative estimate of drug-likeness (QED) is 0.146. The number of ether oxygens (including phenoxy) is 2. The fraction of sp³-hybridized carbons (Fsp3) is 0.714. The van der Waals surface area contributed by atoms with Crippen molar-refractivity contribution in [2.75, 3.05) is 37.9 Å². The van der Waals surface area contributed by atoms with E-state index in [1.807, 2.05) is 0 Å². The van der Waals surface area contributed by atoms with Crippen molar-refractivity contribution in [3.05, 3.63) is 0 Å². The number of hydrogen-bond acceptors (Lipinski definition) is 12. The summed E-state index contributed by atoms with van der Waals surface area (Å²) in [6, 6.07) is 0. The van der Waals surface area contributed by atoms with Gasteiger partial charge in [-0.05, 0) is 13.8 Å². The molecule has 28 heavy (non-hydrogen) atoms. The highest BCUT2D eigenvalue weighted by molar-refractivity contribution is 7.81. The topological polar surface area (TPSA) is 208 Å². The molecule has 0 radical (unpaired) electrons. The SMILES string of the molecule is CCOC(=O)C(O)C(O)C(=O)OCC.O=C(O)CS.O=C(O)CS.OCCO. The van der Waals surface area contributed by atoms with Crippen LogP contribution in [0.5, 0.6) is 0 Å². The number of aliphatic carboxylic acids is 2. The fourth-order valence-electron chi connectivity index (χ4n) is 0.713. The molecule has 0 aliphatic carbocycles. The molecule has 0 heterocycles. The first-order valence-corrected chi connectivity index (χ1v) is 8.83. The minimum Gasteiger partial charge on any atom is -0.481 e. The Bertz CT molecular complexity index is 381. The maximum Gasteiger partial charge on any atom is 0.338 e. The smallest absolute Gasteiger partial charge is 0.338 e. The zero-order valence-corrected chi connectivity index (χ0v) is 17.2. The fourth-order valence-corrected chi connectivity index (χ4v) is 0.713. The first-order chi connectivity index (χ1) is 13.0. The van der Waals surface area contributed by atoms with Gasteiger partial charge in [-0.3, -0.25) is 9.59 Å². The highest BCUT2D eigenvalue weighted by Crippen LogP contribution is 1.99. The highest BCUT2D eigenvalue weighted by atomic mass is 32.1. The molecular weight excluding hydrogens is 424 g/mol. The van der Waals surface area contributed by atoms with Gasteiger partial charge in [-0.25, -0.2) is 9.59 Å². The van der Waals surface area contributed by atoms with E-state index in [-0.39, 0.29) is 37.9 Å². The number of aliphatic hydroxyl groups is 4. The van der Waals surface area contributed by atoms with Gasteiger partial charge in [0.05, 0.1) is 37.9 Å². The van der Waals surface area contributed by atoms with Crippen LogP contribution in [0.15, 0.2) is 0 Å². The Hall–Kier alpha value is -1.58. The number of carbonyl (C=O) groups is 4. The lowest BCUT2D eigenvalue weighted by Crippen LogP contribution is -2.41. The third kappa shape index (κ3) is 29.2. The molecule has 0 aliphatic heterocycles. The summed E-state index contributed by atoms with van der Waals surface area (Å²) in [4.78, 5) is 40.3. The molecule has 0 spiro atoms. The Morgan fingerprint density at radius 3 is 1.07 bits per heavy atom. The zero-order chi connectivity index (χ0) is 23.1. The van der Waals surface area contributed by atoms with Gasteiger partial charge in [-0.15, -0.1) is 0 Å². The van der Waals surface area contributed by atoms with Gasteiger partial charge < -0.3 is 40.1 Å². The molecule has 0 saturated carbocycles. The summed E-state index contributed by atoms with van der Waals surface area (Å²) in [6.07, 6.45) is -3.79. The summed E-state index contributed by atoms with van der Waals surface area (Å²) in [5.41, 5.74) is 0. The molecule has 0 rings (SSSR count). The average Bonchev–Trinajstić information content (AvgIpc) is 2.68. The van der Waals surface area contributed by atoms with Gasteiger partial charge in [0.25, 0.3) is 0 Å². The lowest BCUT2D eigenvalue weighted by Gasteiger charge is -2.14. The molecule has 12 nitrogen and oxygen atoms in total. The lowest BCUT2D eigenvalue weighted by atomic mass is 10.2. The first kappa shape index (κ1) is 34.0. The van der Waals surface area contributed by atoms with Crippen LogP contribution in [-0.2, 0) is 28.7 Å². The Kier molecular flexibility index (Phi) is 30.8. The number of carboxylic acid groups (broad SMARTS) is 2. The van der Waals surface area contributed by atoms with E-state index in [0.717, 1.165) is 0 Å². The van der Waals surface area contributed by atoms with E-state index in [4.69, 9.17) is 30.6 Å². The summed E-state index contributed by atoms with van der Waals surface area (Å²) in [5, 5.41) is 48.7. The van der Waals surface area contributed by atoms with Gasteiger partial charge in [-0.2, -0.15) is 25.3 Å². The van der Waals surface area contributed by atoms with E-state index < -0.39 is 36.1 Å². The number of hydrogen-bond donors (Lipinski definition) is 8. The minimum atomic E-state index is -1.89. The molecule has 0 aromatic carbocycles. The van der Waals surface area contributed by atoms with E-state index in [0.29, 0.717) is 0 Å². The second-order valence-electron chi connectivity index (χ2n) is 3.94. The molecule has 0 amide bonds. The van der Waals surface area contributed by atoms with Crippen molar-refractivity contribution in [1.82, 2.24) is 0 Å². The van der Waals surface area contributed by atoms with Gasteiger partial charge in [0.15, 0.2) is 12.2 Å². The Balaban J connectivity index is -0.000000168. The maximum absolute atomic E-state index is 10.9. The van der Waals surface area contributed by atoms with Crippen molar-refractivity contribution in [1.29, 1.82) is 0 Å². The van der Waals surface area contributed by atoms with Crippen LogP contribution in [0.25, 0.3) is 0 Å². The monoisotopic (exact) mass is 452 g/mol. The van der Waals surface area contributed by atoms with E-state index >= 15 is 0 Å². The average molecular weight is 453 g/mol. The van der Waals surface area contributed by atoms with Crippen molar-refractivity contribution in [2.45, 2.75) is 26.1 Å². The van der Waals surface area contributed by atoms with Crippen LogP contribution in [0.1, 0.15) is 13.8 Å². The number of thiol groups is 2. The summed E-state index contributed by atoms with van der Waals surface area (Å²) in [5.74, 6) is -4.03. The third-order valence-corrected chi connectivity index (χ3v) is 2.27. The van der Waals surface area contributed by atoms with Crippen molar-refractivity contribution in [3.63, 3.8) is 0 Å². The van der Waals surface area contributed by atoms with Gasteiger partial charge >= 0.3 is 23.9 Å². The van der Waals surface area contributed by atoms with Gasteiger partial charge in [0.1, 0.15) is 0 Å². The molecule has 168 valence electrons. The molecular formula is C14H28O12S2. The second kappa shape index (κ2) is 25.4. The first-order valence-electron chi connectivity index (χ1n) is 7.56. The molecule has 0 bridgehead atoms. The Morgan fingerprint density at radius 1 is 0.750 bits per heavy atom. The van der Waals surface area contributed by atoms with Crippen molar-refractivity contribution in [3.8, 4) is 0 Å². The zero-order valence-electron chi connectivity index (χ0n) is 15.4. The van der Waals surface area contributed by atoms with E-state index in [2.05, 4.69) is 34.7 Å². The van der Waals surface area contributed by atoms with Crippen LogP contribution in [0.4, 0.5) is 0 Å². The van der Waals surface area contributed by atoms with Crippen LogP contribution in [0, 0.1) is 0 Å². The predicted molar refractivity (Wildman–Crippen MR) is 102 cm³/mol. The van der Waals surface area contributed by atoms with Crippen LogP contribution in [-0.4, -0.2) is 105 Å². The largest absolute Gasteiger partial charge is 0.481 e. The maximum atomic E-state index is 10.9. The van der Waals surface area contributed by atoms with Crippen LogP contribution in [0.3, 0.4) is 0 Å². The molecule has 0 aliphatic rings. The molecule has 0 aromatic heterocycles. The molecule has 0 saturated heterocycles. The molecule has 6 N–H and O–H groups in total. The van der Waals surface area contributed by atoms with Gasteiger partial charge in [0.2, 0.25) is 0 Å². The van der Waals surface area contributed by atoms with Crippen LogP contribution < -0.4 is 0 Å². The van der Waals surface area contributed by atoms with Gasteiger partial charge in [-0.1, -0.05) is 0 Å². The second-order valence-corrected chi connectivity index (χ2v) is 4.58.